The number of nitrogens with one attached hydrogen (secondary N) is 2. The van der Waals surface area contributed by atoms with Gasteiger partial charge in [0.15, 0.2) is 5.96 Å². The standard InChI is InChI=1S/C15H17ClFN5/c1-18-15(22-10-13-12(17)3-2-7-19-13)20-8-6-11-4-5-14(16)21-9-11/h2-5,7,9H,6,8,10H2,1H3,(H2,18,20,22). The van der Waals surface area contributed by atoms with Crippen molar-refractivity contribution in [1.29, 1.82) is 0 Å². The van der Waals surface area contributed by atoms with Crippen LogP contribution < -0.4 is 10.6 Å². The molecular formula is C15H17ClFN5. The highest BCUT2D eigenvalue weighted by atomic mass is 35.5. The van der Waals surface area contributed by atoms with Crippen LogP contribution in [0.4, 0.5) is 4.39 Å². The Balaban J connectivity index is 1.78. The largest absolute Gasteiger partial charge is 0.356 e. The van der Waals surface area contributed by atoms with Gasteiger partial charge in [-0.25, -0.2) is 9.37 Å². The van der Waals surface area contributed by atoms with Crippen molar-refractivity contribution in [1.82, 2.24) is 20.6 Å². The molecule has 2 N–H and O–H groups in total. The van der Waals surface area contributed by atoms with E-state index in [9.17, 15) is 4.39 Å². The molecule has 0 aromatic carbocycles. The van der Waals surface area contributed by atoms with E-state index in [1.807, 2.05) is 6.07 Å². The number of hydrogen-bond acceptors (Lipinski definition) is 3. The Morgan fingerprint density at radius 3 is 2.82 bits per heavy atom. The van der Waals surface area contributed by atoms with Gasteiger partial charge in [0.25, 0.3) is 0 Å². The fourth-order valence-electron chi connectivity index (χ4n) is 1.82. The lowest BCUT2D eigenvalue weighted by Gasteiger charge is -2.11. The fourth-order valence-corrected chi connectivity index (χ4v) is 1.93. The summed E-state index contributed by atoms with van der Waals surface area (Å²) in [4.78, 5) is 12.1. The third-order valence-corrected chi connectivity index (χ3v) is 3.20. The van der Waals surface area contributed by atoms with Crippen LogP contribution in [0, 0.1) is 5.82 Å². The molecule has 0 aliphatic carbocycles. The number of halogens is 2. The van der Waals surface area contributed by atoms with E-state index in [4.69, 9.17) is 11.6 Å². The number of hydrogen-bond donors (Lipinski definition) is 2. The summed E-state index contributed by atoms with van der Waals surface area (Å²) in [5.74, 6) is 0.254. The lowest BCUT2D eigenvalue weighted by atomic mass is 10.2. The highest BCUT2D eigenvalue weighted by molar-refractivity contribution is 6.29. The highest BCUT2D eigenvalue weighted by Gasteiger charge is 2.04. The van der Waals surface area contributed by atoms with E-state index in [2.05, 4.69) is 25.6 Å². The van der Waals surface area contributed by atoms with Gasteiger partial charge in [-0.15, -0.1) is 0 Å². The van der Waals surface area contributed by atoms with Crippen LogP contribution in [-0.2, 0) is 13.0 Å². The van der Waals surface area contributed by atoms with Crippen LogP contribution in [0.2, 0.25) is 5.15 Å². The summed E-state index contributed by atoms with van der Waals surface area (Å²) in [6, 6.07) is 6.63. The molecule has 0 spiro atoms. The molecule has 116 valence electrons. The first-order valence-corrected chi connectivity index (χ1v) is 7.21. The number of nitrogens with zero attached hydrogens (tertiary/aromatic N) is 3. The Kier molecular flexibility index (Phi) is 6.09. The second-order valence-electron chi connectivity index (χ2n) is 4.52. The van der Waals surface area contributed by atoms with Crippen molar-refractivity contribution in [2.24, 2.45) is 4.99 Å². The molecule has 2 heterocycles. The zero-order valence-electron chi connectivity index (χ0n) is 12.2. The van der Waals surface area contributed by atoms with E-state index in [-0.39, 0.29) is 12.4 Å². The quantitative estimate of drug-likeness (QED) is 0.503. The number of aliphatic imine (C=N–C) groups is 1. The van der Waals surface area contributed by atoms with Crippen LogP contribution in [0.5, 0.6) is 0 Å². The smallest absolute Gasteiger partial charge is 0.191 e. The number of aromatic nitrogens is 2. The molecule has 0 aliphatic heterocycles. The Morgan fingerprint density at radius 2 is 2.14 bits per heavy atom. The van der Waals surface area contributed by atoms with Gasteiger partial charge in [-0.05, 0) is 30.2 Å². The molecule has 0 saturated heterocycles. The van der Waals surface area contributed by atoms with Crippen LogP contribution in [-0.4, -0.2) is 29.5 Å². The van der Waals surface area contributed by atoms with E-state index < -0.39 is 0 Å². The summed E-state index contributed by atoms with van der Waals surface area (Å²) < 4.78 is 13.5. The topological polar surface area (TPSA) is 62.2 Å². The zero-order chi connectivity index (χ0) is 15.8. The van der Waals surface area contributed by atoms with Gasteiger partial charge in [0.05, 0.1) is 12.2 Å². The van der Waals surface area contributed by atoms with Gasteiger partial charge in [0.1, 0.15) is 11.0 Å². The van der Waals surface area contributed by atoms with E-state index in [1.54, 1.807) is 31.6 Å². The van der Waals surface area contributed by atoms with Crippen LogP contribution in [0.1, 0.15) is 11.3 Å². The van der Waals surface area contributed by atoms with Crippen molar-refractivity contribution in [2.75, 3.05) is 13.6 Å². The SMILES string of the molecule is CN=C(NCCc1ccc(Cl)nc1)NCc1ncccc1F. The molecule has 7 heteroatoms. The van der Waals surface area contributed by atoms with Crippen molar-refractivity contribution in [3.8, 4) is 0 Å². The zero-order valence-corrected chi connectivity index (χ0v) is 12.9. The van der Waals surface area contributed by atoms with E-state index in [1.165, 1.54) is 6.07 Å². The maximum absolute atomic E-state index is 13.5. The molecule has 0 atom stereocenters. The van der Waals surface area contributed by atoms with Gasteiger partial charge in [-0.3, -0.25) is 9.98 Å². The Hall–Kier alpha value is -2.21. The monoisotopic (exact) mass is 321 g/mol. The first-order valence-electron chi connectivity index (χ1n) is 6.83. The lowest BCUT2D eigenvalue weighted by molar-refractivity contribution is 0.592. The summed E-state index contributed by atoms with van der Waals surface area (Å²) >= 11 is 5.74. The first kappa shape index (κ1) is 16.2. The third-order valence-electron chi connectivity index (χ3n) is 2.98. The van der Waals surface area contributed by atoms with Crippen molar-refractivity contribution in [2.45, 2.75) is 13.0 Å². The van der Waals surface area contributed by atoms with Gasteiger partial charge in [0, 0.05) is 26.0 Å². The average Bonchev–Trinajstić information content (AvgIpc) is 2.54. The second-order valence-corrected chi connectivity index (χ2v) is 4.91. The Morgan fingerprint density at radius 1 is 1.27 bits per heavy atom. The summed E-state index contributed by atoms with van der Waals surface area (Å²) in [5, 5.41) is 6.65. The fraction of sp³-hybridized carbons (Fsp3) is 0.267. The number of rotatable bonds is 5. The third kappa shape index (κ3) is 4.96. The van der Waals surface area contributed by atoms with Crippen molar-refractivity contribution in [3.63, 3.8) is 0 Å². The molecule has 5 nitrogen and oxygen atoms in total. The van der Waals surface area contributed by atoms with Gasteiger partial charge < -0.3 is 10.6 Å². The molecule has 0 saturated carbocycles. The summed E-state index contributed by atoms with van der Waals surface area (Å²) in [7, 11) is 1.66. The minimum Gasteiger partial charge on any atom is -0.356 e. The molecule has 0 amide bonds. The predicted molar refractivity (Wildman–Crippen MR) is 85.3 cm³/mol. The lowest BCUT2D eigenvalue weighted by Crippen LogP contribution is -2.38. The van der Waals surface area contributed by atoms with E-state index in [0.29, 0.717) is 23.4 Å². The van der Waals surface area contributed by atoms with Crippen LogP contribution in [0.25, 0.3) is 0 Å². The molecule has 2 rings (SSSR count). The molecule has 2 aromatic rings. The average molecular weight is 322 g/mol. The van der Waals surface area contributed by atoms with Crippen molar-refractivity contribution >= 4 is 17.6 Å². The Labute approximate surface area is 133 Å². The van der Waals surface area contributed by atoms with Crippen molar-refractivity contribution < 1.29 is 4.39 Å². The second kappa shape index (κ2) is 8.29. The number of guanidine groups is 1. The maximum Gasteiger partial charge on any atom is 0.191 e. The number of pyridine rings is 2. The molecule has 22 heavy (non-hydrogen) atoms. The van der Waals surface area contributed by atoms with Gasteiger partial charge >= 0.3 is 0 Å². The normalized spacial score (nSPS) is 11.3. The molecule has 0 radical (unpaired) electrons. The Bertz CT molecular complexity index is 630. The molecular weight excluding hydrogens is 305 g/mol. The maximum atomic E-state index is 13.5. The minimum atomic E-state index is -0.335. The van der Waals surface area contributed by atoms with Gasteiger partial charge in [0.2, 0.25) is 0 Å². The summed E-state index contributed by atoms with van der Waals surface area (Å²) in [6.07, 6.45) is 4.08. The van der Waals surface area contributed by atoms with Gasteiger partial charge in [-0.1, -0.05) is 17.7 Å². The first-order chi connectivity index (χ1) is 10.7. The molecule has 2 aromatic heterocycles. The van der Waals surface area contributed by atoms with Crippen LogP contribution in [0.15, 0.2) is 41.7 Å². The van der Waals surface area contributed by atoms with Crippen LogP contribution in [0.3, 0.4) is 0 Å². The predicted octanol–water partition coefficient (Wildman–Crippen LogP) is 2.18. The molecule has 0 bridgehead atoms. The molecule has 0 fully saturated rings. The summed E-state index contributed by atoms with van der Waals surface area (Å²) in [5.41, 5.74) is 1.43. The van der Waals surface area contributed by atoms with Crippen molar-refractivity contribution in [3.05, 3.63) is 58.9 Å². The summed E-state index contributed by atoms with van der Waals surface area (Å²) in [6.45, 7) is 0.947. The van der Waals surface area contributed by atoms with E-state index >= 15 is 0 Å². The minimum absolute atomic E-state index is 0.273. The van der Waals surface area contributed by atoms with Crippen LogP contribution >= 0.6 is 11.6 Å². The van der Waals surface area contributed by atoms with E-state index in [0.717, 1.165) is 12.0 Å². The molecule has 0 unspecified atom stereocenters. The molecule has 0 aliphatic rings. The highest BCUT2D eigenvalue weighted by Crippen LogP contribution is 2.05. The van der Waals surface area contributed by atoms with Gasteiger partial charge in [-0.2, -0.15) is 0 Å².